The number of rotatable bonds is 6. The van der Waals surface area contributed by atoms with Crippen LogP contribution in [0.15, 0.2) is 18.2 Å². The number of hydrogen-bond donors (Lipinski definition) is 0. The van der Waals surface area contributed by atoms with Gasteiger partial charge in [0.2, 0.25) is 0 Å². The second-order valence-electron chi connectivity index (χ2n) is 5.02. The van der Waals surface area contributed by atoms with Gasteiger partial charge in [-0.15, -0.1) is 0 Å². The SMILES string of the molecule is CCN(CCc1ccc(C)cc1OC)C(=O)C(F)(F)C(F)(F)F. The van der Waals surface area contributed by atoms with Gasteiger partial charge in [-0.05, 0) is 37.5 Å². The van der Waals surface area contributed by atoms with E-state index in [0.717, 1.165) is 5.56 Å². The summed E-state index contributed by atoms with van der Waals surface area (Å²) >= 11 is 0. The lowest BCUT2D eigenvalue weighted by Gasteiger charge is -2.27. The summed E-state index contributed by atoms with van der Waals surface area (Å²) in [5.74, 6) is -7.13. The van der Waals surface area contributed by atoms with Crippen molar-refractivity contribution in [2.24, 2.45) is 0 Å². The summed E-state index contributed by atoms with van der Waals surface area (Å²) in [4.78, 5) is 12.0. The molecule has 0 aliphatic heterocycles. The first-order valence-electron chi connectivity index (χ1n) is 6.92. The molecule has 0 N–H and O–H groups in total. The predicted molar refractivity (Wildman–Crippen MR) is 74.7 cm³/mol. The van der Waals surface area contributed by atoms with Crippen molar-refractivity contribution in [1.29, 1.82) is 0 Å². The van der Waals surface area contributed by atoms with Crippen LogP contribution in [-0.4, -0.2) is 43.1 Å². The zero-order chi connectivity index (χ0) is 17.8. The Morgan fingerprint density at radius 1 is 1.22 bits per heavy atom. The molecule has 0 saturated carbocycles. The summed E-state index contributed by atoms with van der Waals surface area (Å²) in [7, 11) is 1.43. The zero-order valence-electron chi connectivity index (χ0n) is 13.0. The van der Waals surface area contributed by atoms with Crippen LogP contribution in [0.1, 0.15) is 18.1 Å². The molecule has 23 heavy (non-hydrogen) atoms. The highest BCUT2D eigenvalue weighted by Gasteiger charge is 2.64. The molecular weight excluding hydrogens is 321 g/mol. The smallest absolute Gasteiger partial charge is 0.463 e. The van der Waals surface area contributed by atoms with Gasteiger partial charge >= 0.3 is 18.0 Å². The van der Waals surface area contributed by atoms with Crippen LogP contribution in [-0.2, 0) is 11.2 Å². The third-order valence-corrected chi connectivity index (χ3v) is 3.39. The fraction of sp³-hybridized carbons (Fsp3) is 0.533. The number of ether oxygens (including phenoxy) is 1. The maximum Gasteiger partial charge on any atom is 0.463 e. The molecule has 0 aliphatic carbocycles. The van der Waals surface area contributed by atoms with Crippen LogP contribution >= 0.6 is 0 Å². The van der Waals surface area contributed by atoms with Crippen molar-refractivity contribution in [3.8, 4) is 5.75 Å². The number of halogens is 5. The molecule has 0 unspecified atom stereocenters. The van der Waals surface area contributed by atoms with E-state index in [9.17, 15) is 26.7 Å². The lowest BCUT2D eigenvalue weighted by atomic mass is 10.1. The molecule has 0 radical (unpaired) electrons. The quantitative estimate of drug-likeness (QED) is 0.741. The molecule has 3 nitrogen and oxygen atoms in total. The number of nitrogens with zero attached hydrogens (tertiary/aromatic N) is 1. The normalized spacial score (nSPS) is 12.2. The molecule has 1 rings (SSSR count). The first kappa shape index (κ1) is 19.2. The minimum atomic E-state index is -5.90. The van der Waals surface area contributed by atoms with Gasteiger partial charge in [-0.2, -0.15) is 22.0 Å². The number of carbonyl (C=O) groups excluding carboxylic acids is 1. The van der Waals surface area contributed by atoms with E-state index in [1.807, 2.05) is 6.92 Å². The molecule has 130 valence electrons. The molecule has 0 fully saturated rings. The van der Waals surface area contributed by atoms with Gasteiger partial charge in [0.05, 0.1) is 7.11 Å². The summed E-state index contributed by atoms with van der Waals surface area (Å²) < 4.78 is 68.3. The van der Waals surface area contributed by atoms with Crippen LogP contribution in [0.4, 0.5) is 22.0 Å². The number of benzene rings is 1. The van der Waals surface area contributed by atoms with E-state index in [4.69, 9.17) is 4.74 Å². The molecule has 0 atom stereocenters. The average molecular weight is 339 g/mol. The number of likely N-dealkylation sites (N-methyl/N-ethyl adjacent to an activating group) is 1. The molecule has 0 aromatic heterocycles. The van der Waals surface area contributed by atoms with Crippen LogP contribution in [0.3, 0.4) is 0 Å². The monoisotopic (exact) mass is 339 g/mol. The first-order valence-corrected chi connectivity index (χ1v) is 6.92. The molecule has 1 amide bonds. The number of alkyl halides is 5. The minimum Gasteiger partial charge on any atom is -0.496 e. The lowest BCUT2D eigenvalue weighted by molar-refractivity contribution is -0.274. The number of carbonyl (C=O) groups is 1. The Hall–Kier alpha value is -1.86. The summed E-state index contributed by atoms with van der Waals surface area (Å²) in [5.41, 5.74) is 1.54. The molecule has 0 spiro atoms. The van der Waals surface area contributed by atoms with Crippen LogP contribution in [0.5, 0.6) is 5.75 Å². The first-order chi connectivity index (χ1) is 10.5. The van der Waals surface area contributed by atoms with Gasteiger partial charge in [-0.25, -0.2) is 0 Å². The largest absolute Gasteiger partial charge is 0.496 e. The van der Waals surface area contributed by atoms with Crippen molar-refractivity contribution < 1.29 is 31.5 Å². The van der Waals surface area contributed by atoms with E-state index in [-0.39, 0.29) is 19.5 Å². The van der Waals surface area contributed by atoms with Crippen LogP contribution in [0, 0.1) is 6.92 Å². The minimum absolute atomic E-state index is 0.108. The second kappa shape index (κ2) is 7.14. The standard InChI is InChI=1S/C15H18F5NO2/c1-4-21(13(22)14(16,17)15(18,19)20)8-7-11-6-5-10(2)9-12(11)23-3/h5-6,9H,4,7-8H2,1-3H3. The van der Waals surface area contributed by atoms with Gasteiger partial charge < -0.3 is 9.64 Å². The van der Waals surface area contributed by atoms with E-state index in [1.54, 1.807) is 18.2 Å². The van der Waals surface area contributed by atoms with E-state index in [0.29, 0.717) is 16.2 Å². The van der Waals surface area contributed by atoms with Crippen molar-refractivity contribution in [2.75, 3.05) is 20.2 Å². The van der Waals surface area contributed by atoms with Crippen molar-refractivity contribution in [1.82, 2.24) is 4.90 Å². The number of hydrogen-bond acceptors (Lipinski definition) is 2. The maximum absolute atomic E-state index is 13.1. The third kappa shape index (κ3) is 4.33. The fourth-order valence-electron chi connectivity index (χ4n) is 2.04. The Labute approximate surface area is 131 Å². The average Bonchev–Trinajstić information content (AvgIpc) is 2.47. The Morgan fingerprint density at radius 3 is 2.30 bits per heavy atom. The fourth-order valence-corrected chi connectivity index (χ4v) is 2.04. The maximum atomic E-state index is 13.1. The molecule has 0 heterocycles. The van der Waals surface area contributed by atoms with E-state index in [1.165, 1.54) is 14.0 Å². The zero-order valence-corrected chi connectivity index (χ0v) is 13.0. The van der Waals surface area contributed by atoms with E-state index in [2.05, 4.69) is 0 Å². The summed E-state index contributed by atoms with van der Waals surface area (Å²) in [6, 6.07) is 5.17. The molecule has 1 aromatic carbocycles. The molecule has 0 aliphatic rings. The predicted octanol–water partition coefficient (Wildman–Crippen LogP) is 3.59. The van der Waals surface area contributed by atoms with Gasteiger partial charge in [0.25, 0.3) is 0 Å². The molecule has 8 heteroatoms. The van der Waals surface area contributed by atoms with E-state index < -0.39 is 18.0 Å². The van der Waals surface area contributed by atoms with Crippen molar-refractivity contribution >= 4 is 5.91 Å². The van der Waals surface area contributed by atoms with Crippen molar-refractivity contribution in [3.05, 3.63) is 29.3 Å². The highest BCUT2D eigenvalue weighted by Crippen LogP contribution is 2.37. The Morgan fingerprint density at radius 2 is 1.83 bits per heavy atom. The highest BCUT2D eigenvalue weighted by molar-refractivity contribution is 5.84. The van der Waals surface area contributed by atoms with Crippen LogP contribution in [0.2, 0.25) is 0 Å². The van der Waals surface area contributed by atoms with Crippen molar-refractivity contribution in [3.63, 3.8) is 0 Å². The topological polar surface area (TPSA) is 29.5 Å². The molecule has 1 aromatic rings. The van der Waals surface area contributed by atoms with Gasteiger partial charge in [0.1, 0.15) is 5.75 Å². The molecule has 0 saturated heterocycles. The number of methoxy groups -OCH3 is 1. The van der Waals surface area contributed by atoms with Gasteiger partial charge in [-0.3, -0.25) is 4.79 Å². The highest BCUT2D eigenvalue weighted by atomic mass is 19.4. The lowest BCUT2D eigenvalue weighted by Crippen LogP contribution is -2.52. The second-order valence-corrected chi connectivity index (χ2v) is 5.02. The Kier molecular flexibility index (Phi) is 5.96. The number of amides is 1. The molecule has 0 bridgehead atoms. The van der Waals surface area contributed by atoms with Crippen LogP contribution in [0.25, 0.3) is 0 Å². The molecular formula is C15H18F5NO2. The summed E-state index contributed by atoms with van der Waals surface area (Å²) in [5, 5.41) is 0. The Bertz CT molecular complexity index is 557. The van der Waals surface area contributed by atoms with Crippen molar-refractivity contribution in [2.45, 2.75) is 32.4 Å². The summed E-state index contributed by atoms with van der Waals surface area (Å²) in [6.45, 7) is 2.66. The summed E-state index contributed by atoms with van der Waals surface area (Å²) in [6.07, 6.45) is -5.80. The van der Waals surface area contributed by atoms with E-state index >= 15 is 0 Å². The number of aryl methyl sites for hydroxylation is 1. The van der Waals surface area contributed by atoms with Gasteiger partial charge in [0, 0.05) is 13.1 Å². The van der Waals surface area contributed by atoms with Gasteiger partial charge in [-0.1, -0.05) is 12.1 Å². The van der Waals surface area contributed by atoms with Crippen LogP contribution < -0.4 is 4.74 Å². The van der Waals surface area contributed by atoms with Gasteiger partial charge in [0.15, 0.2) is 0 Å². The third-order valence-electron chi connectivity index (χ3n) is 3.39. The Balaban J connectivity index is 2.88.